The van der Waals surface area contributed by atoms with Gasteiger partial charge >= 0.3 is 17.6 Å². The molecule has 1 aromatic rings. The van der Waals surface area contributed by atoms with E-state index < -0.39 is 27.5 Å². The highest BCUT2D eigenvalue weighted by molar-refractivity contribution is 6.61. The second kappa shape index (κ2) is 22.6. The van der Waals surface area contributed by atoms with Gasteiger partial charge in [-0.05, 0) is 45.7 Å². The maximum absolute atomic E-state index is 11.1. The summed E-state index contributed by atoms with van der Waals surface area (Å²) in [4.78, 5) is 20.6. The van der Waals surface area contributed by atoms with Crippen LogP contribution in [0.4, 0.5) is 17.1 Å². The molecule has 234 valence electrons. The van der Waals surface area contributed by atoms with E-state index in [1.165, 1.54) is 12.1 Å². The molecule has 0 aromatic heterocycles. The molecule has 0 bridgehead atoms. The van der Waals surface area contributed by atoms with Crippen LogP contribution in [0.25, 0.3) is 0 Å². The lowest BCUT2D eigenvalue weighted by Gasteiger charge is -2.28. The van der Waals surface area contributed by atoms with E-state index in [1.54, 1.807) is 21.3 Å². The summed E-state index contributed by atoms with van der Waals surface area (Å²) in [5.41, 5.74) is 4.43. The van der Waals surface area contributed by atoms with Gasteiger partial charge in [-0.3, -0.25) is 20.2 Å². The minimum atomic E-state index is -2.76. The van der Waals surface area contributed by atoms with Gasteiger partial charge in [0.05, 0.1) is 15.9 Å². The third-order valence-electron chi connectivity index (χ3n) is 5.05. The van der Waals surface area contributed by atoms with Crippen molar-refractivity contribution in [2.75, 3.05) is 59.6 Å². The Balaban J connectivity index is 0. The van der Waals surface area contributed by atoms with E-state index in [0.717, 1.165) is 18.7 Å². The smallest absolute Gasteiger partial charge is 0.379 e. The highest BCUT2D eigenvalue weighted by Crippen LogP contribution is 2.29. The zero-order valence-electron chi connectivity index (χ0n) is 25.5. The average molecular weight is 611 g/mol. The van der Waals surface area contributed by atoms with Crippen LogP contribution in [0.2, 0.25) is 12.1 Å². The van der Waals surface area contributed by atoms with Gasteiger partial charge in [-0.25, -0.2) is 0 Å². The molecule has 0 saturated carbocycles. The Morgan fingerprint density at radius 1 is 0.875 bits per heavy atom. The van der Waals surface area contributed by atoms with Crippen LogP contribution in [-0.4, -0.2) is 81.7 Å². The largest absolute Gasteiger partial charge is 0.500 e. The lowest BCUT2D eigenvalue weighted by molar-refractivity contribution is -0.393. The Labute approximate surface area is 240 Å². The molecular weight excluding hydrogens is 560 g/mol. The zero-order valence-corrected chi connectivity index (χ0v) is 27.5. The highest BCUT2D eigenvalue weighted by Gasteiger charge is 2.40. The molecule has 0 unspecified atom stereocenters. The molecule has 14 nitrogen and oxygen atoms in total. The van der Waals surface area contributed by atoms with Crippen molar-refractivity contribution < 1.29 is 36.4 Å². The number of non-ortho nitro benzene ring substituents is 1. The maximum Gasteiger partial charge on any atom is 0.500 e. The molecular formula is C24H50N4O10Si2. The minimum Gasteiger partial charge on any atom is -0.379 e. The van der Waals surface area contributed by atoms with E-state index in [0.29, 0.717) is 44.7 Å². The zero-order chi connectivity index (χ0) is 31.2. The second-order valence-corrected chi connectivity index (χ2v) is 14.3. The molecule has 0 atom stereocenters. The summed E-state index contributed by atoms with van der Waals surface area (Å²) in [6, 6.07) is 4.96. The molecule has 0 aliphatic carbocycles. The predicted octanol–water partition coefficient (Wildman–Crippen LogP) is 4.84. The van der Waals surface area contributed by atoms with Gasteiger partial charge in [0.15, 0.2) is 0 Å². The summed E-state index contributed by atoms with van der Waals surface area (Å²) in [6.07, 6.45) is 0.611. The number of hydrogen-bond acceptors (Lipinski definition) is 12. The first-order valence-corrected chi connectivity index (χ1v) is 17.2. The summed E-state index contributed by atoms with van der Waals surface area (Å²) in [5.74, 6) is 0.543. The molecule has 0 radical (unpaired) electrons. The Kier molecular flexibility index (Phi) is 22.7. The van der Waals surface area contributed by atoms with Crippen LogP contribution in [0.15, 0.2) is 18.2 Å². The predicted molar refractivity (Wildman–Crippen MR) is 159 cm³/mol. The van der Waals surface area contributed by atoms with Crippen molar-refractivity contribution >= 4 is 34.7 Å². The van der Waals surface area contributed by atoms with Crippen molar-refractivity contribution in [2.24, 2.45) is 11.7 Å². The molecule has 40 heavy (non-hydrogen) atoms. The molecule has 0 aliphatic rings. The molecule has 1 aromatic carbocycles. The van der Waals surface area contributed by atoms with E-state index in [2.05, 4.69) is 19.2 Å². The first-order valence-electron chi connectivity index (χ1n) is 13.3. The van der Waals surface area contributed by atoms with E-state index in [1.807, 2.05) is 27.7 Å². The maximum atomic E-state index is 11.1. The second-order valence-electron chi connectivity index (χ2n) is 8.53. The van der Waals surface area contributed by atoms with Crippen LogP contribution in [0.3, 0.4) is 0 Å². The fourth-order valence-corrected chi connectivity index (χ4v) is 8.08. The first kappa shape index (κ1) is 40.1. The van der Waals surface area contributed by atoms with Crippen molar-refractivity contribution in [3.05, 3.63) is 38.4 Å². The summed E-state index contributed by atoms with van der Waals surface area (Å²) in [5, 5.41) is 24.9. The Morgan fingerprint density at radius 3 is 1.68 bits per heavy atom. The molecule has 0 aliphatic heterocycles. The first-order chi connectivity index (χ1) is 18.9. The number of nitrogens with zero attached hydrogens (tertiary/aromatic N) is 2. The number of rotatable bonds is 18. The van der Waals surface area contributed by atoms with Crippen molar-refractivity contribution in [1.29, 1.82) is 0 Å². The van der Waals surface area contributed by atoms with Crippen LogP contribution >= 0.6 is 0 Å². The number of nitrogens with one attached hydrogen (secondary N) is 1. The molecule has 1 rings (SSSR count). The number of benzene rings is 1. The van der Waals surface area contributed by atoms with E-state index >= 15 is 0 Å². The molecule has 0 fully saturated rings. The Bertz CT molecular complexity index is 808. The van der Waals surface area contributed by atoms with Crippen LogP contribution in [0.1, 0.15) is 48.0 Å². The van der Waals surface area contributed by atoms with E-state index in [4.69, 9.17) is 32.3 Å². The lowest BCUT2D eigenvalue weighted by atomic mass is 10.2. The van der Waals surface area contributed by atoms with Gasteiger partial charge in [-0.15, -0.1) is 0 Å². The number of nitro groups is 2. The van der Waals surface area contributed by atoms with Crippen molar-refractivity contribution in [1.82, 2.24) is 0 Å². The summed E-state index contributed by atoms with van der Waals surface area (Å²) in [7, 11) is -0.115. The summed E-state index contributed by atoms with van der Waals surface area (Å²) in [6.45, 7) is 14.4. The SMILES string of the molecule is CCN.CCO[Si](CCCNc1ccc([N+](=O)[O-])cc1[N+](=O)[O-])(OCC)OCC.CO[Si](CC(C)C)(OC)OC. The number of hydrogen-bond donors (Lipinski definition) is 2. The van der Waals surface area contributed by atoms with E-state index in [9.17, 15) is 20.2 Å². The van der Waals surface area contributed by atoms with Gasteiger partial charge < -0.3 is 37.6 Å². The minimum absolute atomic E-state index is 0.233. The average Bonchev–Trinajstić information content (AvgIpc) is 2.91. The molecule has 0 saturated heterocycles. The third kappa shape index (κ3) is 15.7. The van der Waals surface area contributed by atoms with E-state index in [-0.39, 0.29) is 17.1 Å². The molecule has 3 N–H and O–H groups in total. The van der Waals surface area contributed by atoms with Crippen LogP contribution in [0, 0.1) is 26.1 Å². The standard InChI is InChI=1S/C15H25N3O7Si.C7H18O3Si.C2H7N/c1-4-23-26(24-5-2,25-6-3)11-7-10-16-14-9-8-13(17(19)20)12-15(14)18(21)22;1-7(2)6-11(8-3,9-4)10-5;1-2-3/h8-9,12,16H,4-7,10-11H2,1-3H3;7H,6H2,1-5H3;2-3H2,1H3. The van der Waals surface area contributed by atoms with Crippen molar-refractivity contribution in [2.45, 2.75) is 60.1 Å². The number of anilines is 1. The molecule has 0 heterocycles. The monoisotopic (exact) mass is 610 g/mol. The summed E-state index contributed by atoms with van der Waals surface area (Å²) < 4.78 is 33.0. The Hall–Kier alpha value is -2.03. The van der Waals surface area contributed by atoms with Crippen LogP contribution in [0.5, 0.6) is 0 Å². The Morgan fingerprint density at radius 2 is 1.35 bits per heavy atom. The van der Waals surface area contributed by atoms with Gasteiger partial charge in [0.2, 0.25) is 0 Å². The number of nitro benzene ring substituents is 2. The number of nitrogens with two attached hydrogens (primary N) is 1. The lowest BCUT2D eigenvalue weighted by Crippen LogP contribution is -2.46. The van der Waals surface area contributed by atoms with Gasteiger partial charge in [-0.1, -0.05) is 20.8 Å². The van der Waals surface area contributed by atoms with Crippen molar-refractivity contribution in [3.8, 4) is 0 Å². The molecule has 0 amide bonds. The van der Waals surface area contributed by atoms with Crippen LogP contribution < -0.4 is 11.1 Å². The highest BCUT2D eigenvalue weighted by atomic mass is 28.4. The van der Waals surface area contributed by atoms with Gasteiger partial charge in [0, 0.05) is 65.8 Å². The fraction of sp³-hybridized carbons (Fsp3) is 0.750. The molecule has 0 spiro atoms. The third-order valence-corrected chi connectivity index (χ3v) is 11.4. The normalized spacial score (nSPS) is 11.3. The van der Waals surface area contributed by atoms with Crippen molar-refractivity contribution in [3.63, 3.8) is 0 Å². The quantitative estimate of drug-likeness (QED) is 0.100. The molecule has 16 heteroatoms. The van der Waals surface area contributed by atoms with Gasteiger partial charge in [0.1, 0.15) is 5.69 Å². The van der Waals surface area contributed by atoms with Gasteiger partial charge in [0.25, 0.3) is 11.4 Å². The topological polar surface area (TPSA) is 180 Å². The van der Waals surface area contributed by atoms with Crippen LogP contribution in [-0.2, 0) is 26.6 Å². The van der Waals surface area contributed by atoms with Gasteiger partial charge in [-0.2, -0.15) is 0 Å². The summed E-state index contributed by atoms with van der Waals surface area (Å²) >= 11 is 0. The fourth-order valence-electron chi connectivity index (χ4n) is 3.46.